The molecule has 1 aromatic carbocycles. The van der Waals surface area contributed by atoms with Gasteiger partial charge in [-0.15, -0.1) is 11.3 Å². The summed E-state index contributed by atoms with van der Waals surface area (Å²) in [5.41, 5.74) is 3.06. The summed E-state index contributed by atoms with van der Waals surface area (Å²) in [6, 6.07) is 15.4. The van der Waals surface area contributed by atoms with Crippen molar-refractivity contribution in [2.45, 2.75) is 32.2 Å². The standard InChI is InChI=1S/C24H24N2O3S/c1-17-8-10-19(11-9-17)26-22(27)15-20(23(26)21-7-4-14-30-21)24(28)29-13-3-6-18-5-2-12-25-16-18/h2,4-5,7-12,14,16,20,23H,3,6,13,15H2,1H3. The lowest BCUT2D eigenvalue weighted by Crippen LogP contribution is -2.30. The van der Waals surface area contributed by atoms with Gasteiger partial charge in [-0.3, -0.25) is 14.6 Å². The summed E-state index contributed by atoms with van der Waals surface area (Å²) in [4.78, 5) is 32.7. The molecule has 30 heavy (non-hydrogen) atoms. The Balaban J connectivity index is 1.46. The lowest BCUT2D eigenvalue weighted by atomic mass is 9.98. The lowest BCUT2D eigenvalue weighted by molar-refractivity contribution is -0.149. The summed E-state index contributed by atoms with van der Waals surface area (Å²) in [6.07, 6.45) is 5.25. The zero-order valence-corrected chi connectivity index (χ0v) is 17.7. The molecule has 4 rings (SSSR count). The number of amides is 1. The molecule has 1 aliphatic rings. The molecule has 0 radical (unpaired) electrons. The first kappa shape index (κ1) is 20.3. The molecule has 0 N–H and O–H groups in total. The number of aryl methyl sites for hydroxylation is 2. The van der Waals surface area contributed by atoms with Crippen LogP contribution in [0.15, 0.2) is 66.3 Å². The SMILES string of the molecule is Cc1ccc(N2C(=O)CC(C(=O)OCCCc3cccnc3)C2c2cccs2)cc1. The van der Waals surface area contributed by atoms with E-state index in [0.29, 0.717) is 6.61 Å². The molecule has 3 aromatic rings. The zero-order valence-electron chi connectivity index (χ0n) is 16.9. The molecular formula is C24H24N2O3S. The molecule has 1 aliphatic heterocycles. The van der Waals surface area contributed by atoms with E-state index in [1.165, 1.54) is 0 Å². The van der Waals surface area contributed by atoms with Gasteiger partial charge in [0, 0.05) is 29.4 Å². The largest absolute Gasteiger partial charge is 0.465 e. The predicted octanol–water partition coefficient (Wildman–Crippen LogP) is 4.72. The Kier molecular flexibility index (Phi) is 6.23. The van der Waals surface area contributed by atoms with Crippen LogP contribution in [0.4, 0.5) is 5.69 Å². The number of hydrogen-bond donors (Lipinski definition) is 0. The molecule has 2 atom stereocenters. The maximum absolute atomic E-state index is 12.9. The number of aromatic nitrogens is 1. The van der Waals surface area contributed by atoms with E-state index in [1.807, 2.05) is 67.0 Å². The molecule has 154 valence electrons. The number of anilines is 1. The van der Waals surface area contributed by atoms with Crippen LogP contribution in [0, 0.1) is 12.8 Å². The van der Waals surface area contributed by atoms with Crippen molar-refractivity contribution in [1.82, 2.24) is 4.98 Å². The van der Waals surface area contributed by atoms with Crippen LogP contribution in [0.1, 0.15) is 34.9 Å². The van der Waals surface area contributed by atoms with Crippen molar-refractivity contribution in [3.05, 3.63) is 82.3 Å². The van der Waals surface area contributed by atoms with Crippen LogP contribution in [0.5, 0.6) is 0 Å². The molecule has 3 heterocycles. The van der Waals surface area contributed by atoms with Crippen LogP contribution in [-0.2, 0) is 20.7 Å². The Hall–Kier alpha value is -2.99. The van der Waals surface area contributed by atoms with Crippen molar-refractivity contribution in [2.75, 3.05) is 11.5 Å². The van der Waals surface area contributed by atoms with Crippen LogP contribution in [0.3, 0.4) is 0 Å². The summed E-state index contributed by atoms with van der Waals surface area (Å²) in [5, 5.41) is 1.97. The van der Waals surface area contributed by atoms with Crippen molar-refractivity contribution in [3.63, 3.8) is 0 Å². The lowest BCUT2D eigenvalue weighted by Gasteiger charge is -2.27. The number of pyridine rings is 1. The average Bonchev–Trinajstić information content (AvgIpc) is 3.40. The maximum atomic E-state index is 12.9. The quantitative estimate of drug-likeness (QED) is 0.410. The molecule has 0 aliphatic carbocycles. The van der Waals surface area contributed by atoms with Crippen molar-refractivity contribution in [1.29, 1.82) is 0 Å². The number of hydrogen-bond acceptors (Lipinski definition) is 5. The van der Waals surface area contributed by atoms with Gasteiger partial charge in [-0.25, -0.2) is 0 Å². The van der Waals surface area contributed by atoms with Gasteiger partial charge in [0.25, 0.3) is 0 Å². The van der Waals surface area contributed by atoms with Gasteiger partial charge in [0.2, 0.25) is 5.91 Å². The molecular weight excluding hydrogens is 396 g/mol. The number of ether oxygens (including phenoxy) is 1. The first-order valence-electron chi connectivity index (χ1n) is 10.1. The summed E-state index contributed by atoms with van der Waals surface area (Å²) < 4.78 is 5.59. The smallest absolute Gasteiger partial charge is 0.311 e. The van der Waals surface area contributed by atoms with E-state index < -0.39 is 5.92 Å². The highest BCUT2D eigenvalue weighted by Crippen LogP contribution is 2.43. The minimum Gasteiger partial charge on any atom is -0.465 e. The van der Waals surface area contributed by atoms with E-state index in [4.69, 9.17) is 4.74 Å². The van der Waals surface area contributed by atoms with Gasteiger partial charge in [0.1, 0.15) is 0 Å². The van der Waals surface area contributed by atoms with E-state index in [1.54, 1.807) is 22.4 Å². The fourth-order valence-corrected chi connectivity index (χ4v) is 4.72. The second kappa shape index (κ2) is 9.22. The number of rotatable bonds is 7. The van der Waals surface area contributed by atoms with Gasteiger partial charge < -0.3 is 9.64 Å². The Morgan fingerprint density at radius 3 is 2.73 bits per heavy atom. The Morgan fingerprint density at radius 2 is 2.03 bits per heavy atom. The third kappa shape index (κ3) is 4.44. The molecule has 1 amide bonds. The molecule has 1 fully saturated rings. The van der Waals surface area contributed by atoms with Crippen LogP contribution in [0.2, 0.25) is 0 Å². The molecule has 2 aromatic heterocycles. The van der Waals surface area contributed by atoms with Gasteiger partial charge in [-0.1, -0.05) is 29.8 Å². The third-order valence-electron chi connectivity index (χ3n) is 5.35. The van der Waals surface area contributed by atoms with Crippen molar-refractivity contribution >= 4 is 28.9 Å². The fraction of sp³-hybridized carbons (Fsp3) is 0.292. The number of benzene rings is 1. The number of thiophene rings is 1. The highest BCUT2D eigenvalue weighted by Gasteiger charge is 2.46. The normalized spacial score (nSPS) is 18.6. The molecule has 5 nitrogen and oxygen atoms in total. The van der Waals surface area contributed by atoms with Gasteiger partial charge in [0.15, 0.2) is 0 Å². The van der Waals surface area contributed by atoms with E-state index in [-0.39, 0.29) is 24.3 Å². The van der Waals surface area contributed by atoms with E-state index in [0.717, 1.165) is 34.5 Å². The number of esters is 1. The molecule has 0 bridgehead atoms. The molecule has 0 spiro atoms. The second-order valence-corrected chi connectivity index (χ2v) is 8.48. The molecule has 0 saturated carbocycles. The highest BCUT2D eigenvalue weighted by molar-refractivity contribution is 7.10. The van der Waals surface area contributed by atoms with Crippen LogP contribution >= 0.6 is 11.3 Å². The van der Waals surface area contributed by atoms with E-state index in [9.17, 15) is 9.59 Å². The average molecular weight is 421 g/mol. The fourth-order valence-electron chi connectivity index (χ4n) is 3.84. The van der Waals surface area contributed by atoms with Gasteiger partial charge >= 0.3 is 5.97 Å². The molecule has 6 heteroatoms. The Bertz CT molecular complexity index is 987. The van der Waals surface area contributed by atoms with Crippen LogP contribution in [-0.4, -0.2) is 23.5 Å². The van der Waals surface area contributed by atoms with Crippen molar-refractivity contribution in [2.24, 2.45) is 5.92 Å². The Labute approximate surface area is 180 Å². The van der Waals surface area contributed by atoms with Gasteiger partial charge in [0.05, 0.1) is 18.6 Å². The molecule has 1 saturated heterocycles. The first-order valence-corrected chi connectivity index (χ1v) is 11.0. The second-order valence-electron chi connectivity index (χ2n) is 7.50. The van der Waals surface area contributed by atoms with Crippen LogP contribution < -0.4 is 4.90 Å². The van der Waals surface area contributed by atoms with Gasteiger partial charge in [-0.05, 0) is 55.0 Å². The predicted molar refractivity (Wildman–Crippen MR) is 117 cm³/mol. The van der Waals surface area contributed by atoms with Crippen molar-refractivity contribution in [3.8, 4) is 0 Å². The summed E-state index contributed by atoms with van der Waals surface area (Å²) in [6.45, 7) is 2.35. The Morgan fingerprint density at radius 1 is 1.20 bits per heavy atom. The van der Waals surface area contributed by atoms with E-state index in [2.05, 4.69) is 4.98 Å². The molecule has 2 unspecified atom stereocenters. The first-order chi connectivity index (χ1) is 14.6. The highest BCUT2D eigenvalue weighted by atomic mass is 32.1. The minimum absolute atomic E-state index is 0.0467. The summed E-state index contributed by atoms with van der Waals surface area (Å²) >= 11 is 1.56. The summed E-state index contributed by atoms with van der Waals surface area (Å²) in [5.74, 6) is -0.854. The monoisotopic (exact) mass is 420 g/mol. The number of nitrogens with zero attached hydrogens (tertiary/aromatic N) is 2. The number of carbonyl (C=O) groups is 2. The zero-order chi connectivity index (χ0) is 20.9. The van der Waals surface area contributed by atoms with Crippen molar-refractivity contribution < 1.29 is 14.3 Å². The third-order valence-corrected chi connectivity index (χ3v) is 6.29. The van der Waals surface area contributed by atoms with Gasteiger partial charge in [-0.2, -0.15) is 0 Å². The topological polar surface area (TPSA) is 59.5 Å². The van der Waals surface area contributed by atoms with E-state index >= 15 is 0 Å². The summed E-state index contributed by atoms with van der Waals surface area (Å²) in [7, 11) is 0. The minimum atomic E-state index is -0.504. The maximum Gasteiger partial charge on any atom is 0.311 e. The van der Waals surface area contributed by atoms with Crippen LogP contribution in [0.25, 0.3) is 0 Å². The number of carbonyl (C=O) groups excluding carboxylic acids is 2.